The first-order chi connectivity index (χ1) is 12.7. The molecule has 0 aromatic heterocycles. The topological polar surface area (TPSA) is 58.2 Å². The van der Waals surface area contributed by atoms with E-state index < -0.39 is 0 Å². The van der Waals surface area contributed by atoms with Crippen molar-refractivity contribution in [1.82, 2.24) is 0 Å². The number of hydrogen-bond acceptors (Lipinski definition) is 6. The Bertz CT molecular complexity index is 795. The Morgan fingerprint density at radius 3 is 1.23 bits per heavy atom. The third-order valence-electron chi connectivity index (χ3n) is 3.43. The van der Waals surface area contributed by atoms with Crippen molar-refractivity contribution in [3.8, 4) is 0 Å². The fourth-order valence-electron chi connectivity index (χ4n) is 2.08. The van der Waals surface area contributed by atoms with Gasteiger partial charge in [0, 0.05) is 46.4 Å². The van der Waals surface area contributed by atoms with E-state index in [-0.39, 0.29) is 10.2 Å². The van der Waals surface area contributed by atoms with Crippen LogP contribution >= 0.6 is 23.9 Å². The Morgan fingerprint density at radius 1 is 0.538 bits per heavy atom. The third-order valence-corrected chi connectivity index (χ3v) is 4.94. The molecule has 2 N–H and O–H groups in total. The van der Waals surface area contributed by atoms with E-state index in [0.717, 1.165) is 35.3 Å². The highest BCUT2D eigenvalue weighted by Gasteiger charge is 2.11. The summed E-state index contributed by atoms with van der Waals surface area (Å²) < 4.78 is 6.01. The quantitative estimate of drug-likeness (QED) is 0.552. The van der Waals surface area contributed by atoms with Gasteiger partial charge in [0.05, 0.1) is 0 Å². The maximum atomic E-state index is 12.2. The molecule has 0 radical (unpaired) electrons. The standard InChI is InChI=1S/C20H16N2O2S2/c23-19(25-21-17-7-3-1-4-8-17)15-11-13-16(14-12-15)20(24)26-22-18-9-5-2-6-10-18/h1-14,21-22H. The van der Waals surface area contributed by atoms with E-state index in [0.29, 0.717) is 11.1 Å². The van der Waals surface area contributed by atoms with E-state index in [1.807, 2.05) is 60.7 Å². The van der Waals surface area contributed by atoms with E-state index in [2.05, 4.69) is 9.44 Å². The van der Waals surface area contributed by atoms with E-state index in [4.69, 9.17) is 0 Å². The average molecular weight is 380 g/mol. The predicted octanol–water partition coefficient (Wildman–Crippen LogP) is 5.49. The van der Waals surface area contributed by atoms with Gasteiger partial charge in [0.1, 0.15) is 0 Å². The van der Waals surface area contributed by atoms with Crippen molar-refractivity contribution in [2.24, 2.45) is 0 Å². The van der Waals surface area contributed by atoms with Gasteiger partial charge in [0.25, 0.3) is 0 Å². The molecular weight excluding hydrogens is 364 g/mol. The van der Waals surface area contributed by atoms with E-state index in [1.54, 1.807) is 24.3 Å². The van der Waals surface area contributed by atoms with Crippen molar-refractivity contribution < 1.29 is 9.59 Å². The maximum absolute atomic E-state index is 12.2. The zero-order valence-electron chi connectivity index (χ0n) is 13.7. The van der Waals surface area contributed by atoms with E-state index >= 15 is 0 Å². The fraction of sp³-hybridized carbons (Fsp3) is 0. The maximum Gasteiger partial charge on any atom is 0.239 e. The lowest BCUT2D eigenvalue weighted by Crippen LogP contribution is -2.01. The van der Waals surface area contributed by atoms with Gasteiger partial charge in [-0.2, -0.15) is 0 Å². The zero-order chi connectivity index (χ0) is 18.2. The largest absolute Gasteiger partial charge is 0.323 e. The van der Waals surface area contributed by atoms with Gasteiger partial charge in [-0.15, -0.1) is 0 Å². The van der Waals surface area contributed by atoms with Crippen LogP contribution in [-0.4, -0.2) is 10.2 Å². The van der Waals surface area contributed by atoms with E-state index in [1.165, 1.54) is 0 Å². The molecule has 0 aliphatic heterocycles. The summed E-state index contributed by atoms with van der Waals surface area (Å²) in [7, 11) is 0. The molecule has 6 heteroatoms. The van der Waals surface area contributed by atoms with Crippen molar-refractivity contribution in [1.29, 1.82) is 0 Å². The highest BCUT2D eigenvalue weighted by atomic mass is 32.2. The number of para-hydroxylation sites is 2. The van der Waals surface area contributed by atoms with Gasteiger partial charge in [0.15, 0.2) is 0 Å². The molecule has 0 heterocycles. The number of nitrogens with one attached hydrogen (secondary N) is 2. The normalized spacial score (nSPS) is 10.2. The molecule has 0 saturated heterocycles. The summed E-state index contributed by atoms with van der Waals surface area (Å²) in [6.45, 7) is 0. The minimum absolute atomic E-state index is 0.108. The van der Waals surface area contributed by atoms with Crippen LogP contribution in [0.1, 0.15) is 20.7 Å². The van der Waals surface area contributed by atoms with Gasteiger partial charge in [-0.3, -0.25) is 9.59 Å². The Labute approximate surface area is 160 Å². The van der Waals surface area contributed by atoms with E-state index in [9.17, 15) is 9.59 Å². The molecule has 0 unspecified atom stereocenters. The van der Waals surface area contributed by atoms with Crippen molar-refractivity contribution >= 4 is 45.5 Å². The third kappa shape index (κ3) is 5.15. The zero-order valence-corrected chi connectivity index (χ0v) is 15.3. The number of rotatable bonds is 6. The van der Waals surface area contributed by atoms with Crippen LogP contribution < -0.4 is 9.44 Å². The summed E-state index contributed by atoms with van der Waals surface area (Å²) in [6.07, 6.45) is 0. The van der Waals surface area contributed by atoms with Crippen LogP contribution in [0.3, 0.4) is 0 Å². The second-order valence-electron chi connectivity index (χ2n) is 5.29. The molecule has 130 valence electrons. The molecule has 0 aliphatic carbocycles. The molecule has 0 fully saturated rings. The van der Waals surface area contributed by atoms with Crippen molar-refractivity contribution in [3.05, 3.63) is 96.1 Å². The van der Waals surface area contributed by atoms with Crippen LogP contribution in [0.2, 0.25) is 0 Å². The fourth-order valence-corrected chi connectivity index (χ4v) is 3.28. The summed E-state index contributed by atoms with van der Waals surface area (Å²) in [5, 5.41) is -0.217. The summed E-state index contributed by atoms with van der Waals surface area (Å²) in [4.78, 5) is 24.4. The van der Waals surface area contributed by atoms with Crippen LogP contribution in [-0.2, 0) is 0 Å². The monoisotopic (exact) mass is 380 g/mol. The highest BCUT2D eigenvalue weighted by Crippen LogP contribution is 2.20. The second-order valence-corrected chi connectivity index (χ2v) is 6.85. The molecule has 26 heavy (non-hydrogen) atoms. The van der Waals surface area contributed by atoms with Crippen LogP contribution in [0, 0.1) is 0 Å². The predicted molar refractivity (Wildman–Crippen MR) is 110 cm³/mol. The minimum atomic E-state index is -0.108. The Balaban J connectivity index is 1.53. The smallest absolute Gasteiger partial charge is 0.239 e. The molecule has 0 atom stereocenters. The molecule has 3 aromatic rings. The van der Waals surface area contributed by atoms with Crippen LogP contribution in [0.5, 0.6) is 0 Å². The first kappa shape index (κ1) is 18.1. The molecule has 0 saturated carbocycles. The van der Waals surface area contributed by atoms with Gasteiger partial charge in [-0.1, -0.05) is 36.4 Å². The van der Waals surface area contributed by atoms with Gasteiger partial charge >= 0.3 is 0 Å². The lowest BCUT2D eigenvalue weighted by atomic mass is 10.2. The molecule has 4 nitrogen and oxygen atoms in total. The number of anilines is 2. The minimum Gasteiger partial charge on any atom is -0.323 e. The van der Waals surface area contributed by atoms with Crippen LogP contribution in [0.15, 0.2) is 84.9 Å². The lowest BCUT2D eigenvalue weighted by molar-refractivity contribution is 0.107. The summed E-state index contributed by atoms with van der Waals surface area (Å²) in [6, 6.07) is 25.6. The molecule has 3 aromatic carbocycles. The first-order valence-electron chi connectivity index (χ1n) is 7.87. The Kier molecular flexibility index (Phi) is 6.35. The van der Waals surface area contributed by atoms with Crippen LogP contribution in [0.25, 0.3) is 0 Å². The molecular formula is C20H16N2O2S2. The van der Waals surface area contributed by atoms with Gasteiger partial charge in [-0.05, 0) is 48.5 Å². The van der Waals surface area contributed by atoms with Gasteiger partial charge < -0.3 is 9.44 Å². The molecule has 0 spiro atoms. The summed E-state index contributed by atoms with van der Waals surface area (Å²) >= 11 is 2.03. The van der Waals surface area contributed by atoms with Crippen LogP contribution in [0.4, 0.5) is 11.4 Å². The van der Waals surface area contributed by atoms with Crippen molar-refractivity contribution in [2.75, 3.05) is 9.44 Å². The number of hydrogen-bond donors (Lipinski definition) is 2. The number of benzene rings is 3. The average Bonchev–Trinajstić information content (AvgIpc) is 2.72. The summed E-state index contributed by atoms with van der Waals surface area (Å²) in [5.41, 5.74) is 2.80. The number of carbonyl (C=O) groups is 2. The molecule has 3 rings (SSSR count). The second kappa shape index (κ2) is 9.12. The summed E-state index contributed by atoms with van der Waals surface area (Å²) in [5.74, 6) is 0. The lowest BCUT2D eigenvalue weighted by Gasteiger charge is -2.06. The molecule has 0 aliphatic rings. The SMILES string of the molecule is O=C(SNc1ccccc1)c1ccc(C(=O)SNc2ccccc2)cc1. The Morgan fingerprint density at radius 2 is 0.885 bits per heavy atom. The van der Waals surface area contributed by atoms with Gasteiger partial charge in [0.2, 0.25) is 10.2 Å². The first-order valence-corrected chi connectivity index (χ1v) is 9.50. The van der Waals surface area contributed by atoms with Crippen molar-refractivity contribution in [3.63, 3.8) is 0 Å². The van der Waals surface area contributed by atoms with Gasteiger partial charge in [-0.25, -0.2) is 0 Å². The Hall–Kier alpha value is -2.70. The number of carbonyl (C=O) groups excluding carboxylic acids is 2. The molecule has 0 amide bonds. The highest BCUT2D eigenvalue weighted by molar-refractivity contribution is 8.15. The van der Waals surface area contributed by atoms with Crippen molar-refractivity contribution in [2.45, 2.75) is 0 Å². The molecule has 0 bridgehead atoms.